The number of esters is 1. The number of benzene rings is 1. The Morgan fingerprint density at radius 2 is 1.86 bits per heavy atom. The third-order valence-corrected chi connectivity index (χ3v) is 13.0. The van der Waals surface area contributed by atoms with Crippen LogP contribution in [-0.4, -0.2) is 111 Å². The van der Waals surface area contributed by atoms with Crippen LogP contribution >= 0.6 is 0 Å². The summed E-state index contributed by atoms with van der Waals surface area (Å²) in [5.74, 6) is -0.892. The van der Waals surface area contributed by atoms with Gasteiger partial charge in [-0.25, -0.2) is 4.79 Å². The van der Waals surface area contributed by atoms with Crippen molar-refractivity contribution in [3.05, 3.63) is 29.8 Å². The molecule has 13 atom stereocenters. The summed E-state index contributed by atoms with van der Waals surface area (Å²) in [4.78, 5) is 15.7. The molecule has 1 heterocycles. The third-order valence-electron chi connectivity index (χ3n) is 13.0. The monoisotopic (exact) mass is 586 g/mol. The minimum atomic E-state index is -1.62. The highest BCUT2D eigenvalue weighted by molar-refractivity contribution is 5.95. The molecule has 0 aromatic heterocycles. The molecule has 0 radical (unpaired) electrons. The minimum absolute atomic E-state index is 0.00697. The van der Waals surface area contributed by atoms with Gasteiger partial charge in [0, 0.05) is 75.7 Å². The molecule has 1 aromatic carbocycles. The molecule has 6 fully saturated rings. The topological polar surface area (TPSA) is 133 Å². The van der Waals surface area contributed by atoms with E-state index in [9.17, 15) is 15.0 Å². The van der Waals surface area contributed by atoms with E-state index in [0.717, 1.165) is 19.3 Å². The number of nitrogens with zero attached hydrogens (tertiary/aromatic N) is 1. The Labute approximate surface area is 247 Å². The lowest BCUT2D eigenvalue weighted by Gasteiger charge is -2.70. The molecule has 4 N–H and O–H groups in total. The molecular weight excluding hydrogens is 540 g/mol. The van der Waals surface area contributed by atoms with E-state index >= 15 is 0 Å². The predicted molar refractivity (Wildman–Crippen MR) is 153 cm³/mol. The van der Waals surface area contributed by atoms with Gasteiger partial charge >= 0.3 is 5.97 Å². The molecule has 5 aliphatic carbocycles. The molecule has 1 aliphatic heterocycles. The van der Waals surface area contributed by atoms with Gasteiger partial charge < -0.3 is 39.6 Å². The smallest absolute Gasteiger partial charge is 0.340 e. The Morgan fingerprint density at radius 3 is 2.50 bits per heavy atom. The van der Waals surface area contributed by atoms with E-state index in [1.54, 1.807) is 52.7 Å². The maximum atomic E-state index is 13.4. The number of carbonyl (C=O) groups excluding carboxylic acids is 1. The van der Waals surface area contributed by atoms with Gasteiger partial charge in [0.25, 0.3) is 0 Å². The number of anilines is 1. The molecule has 5 saturated carbocycles. The number of carbonyl (C=O) groups is 1. The first kappa shape index (κ1) is 29.0. The fourth-order valence-corrected chi connectivity index (χ4v) is 12.0. The zero-order chi connectivity index (χ0) is 29.8. The van der Waals surface area contributed by atoms with Crippen LogP contribution in [0.15, 0.2) is 24.3 Å². The number of ether oxygens (including phenoxy) is 5. The summed E-state index contributed by atoms with van der Waals surface area (Å²) in [5.41, 5.74) is 2.65. The first-order valence-corrected chi connectivity index (χ1v) is 15.5. The van der Waals surface area contributed by atoms with E-state index in [0.29, 0.717) is 30.8 Å². The highest BCUT2D eigenvalue weighted by Crippen LogP contribution is 2.80. The van der Waals surface area contributed by atoms with Gasteiger partial charge in [-0.2, -0.15) is 0 Å². The van der Waals surface area contributed by atoms with E-state index in [2.05, 4.69) is 11.8 Å². The number of aliphatic hydroxyl groups is 2. The number of para-hydroxylation sites is 1. The van der Waals surface area contributed by atoms with Crippen molar-refractivity contribution in [1.29, 1.82) is 0 Å². The van der Waals surface area contributed by atoms with Crippen molar-refractivity contribution < 1.29 is 38.7 Å². The van der Waals surface area contributed by atoms with E-state index < -0.39 is 40.1 Å². The second-order valence-corrected chi connectivity index (χ2v) is 13.8. The normalized spacial score (nSPS) is 50.1. The van der Waals surface area contributed by atoms with Crippen molar-refractivity contribution in [2.24, 2.45) is 34.5 Å². The van der Waals surface area contributed by atoms with Gasteiger partial charge in [-0.1, -0.05) is 19.1 Å². The molecule has 10 nitrogen and oxygen atoms in total. The first-order valence-electron chi connectivity index (χ1n) is 15.5. The molecule has 42 heavy (non-hydrogen) atoms. The lowest BCUT2D eigenvalue weighted by molar-refractivity contribution is -0.320. The average molecular weight is 587 g/mol. The van der Waals surface area contributed by atoms with Crippen molar-refractivity contribution in [2.45, 2.75) is 74.3 Å². The van der Waals surface area contributed by atoms with Crippen LogP contribution in [0.2, 0.25) is 0 Å². The Kier molecular flexibility index (Phi) is 6.62. The highest BCUT2D eigenvalue weighted by Gasteiger charge is 2.91. The lowest BCUT2D eigenvalue weighted by atomic mass is 9.42. The van der Waals surface area contributed by atoms with Gasteiger partial charge in [0.1, 0.15) is 11.2 Å². The van der Waals surface area contributed by atoms with Crippen LogP contribution in [0.1, 0.15) is 43.0 Å². The largest absolute Gasteiger partial charge is 0.461 e. The van der Waals surface area contributed by atoms with Gasteiger partial charge in [0.05, 0.1) is 42.6 Å². The Bertz CT molecular complexity index is 1250. The van der Waals surface area contributed by atoms with Crippen LogP contribution in [-0.2, 0) is 23.7 Å². The van der Waals surface area contributed by atoms with E-state index in [1.165, 1.54) is 0 Å². The Hall–Kier alpha value is -1.79. The van der Waals surface area contributed by atoms with Gasteiger partial charge in [0.2, 0.25) is 0 Å². The van der Waals surface area contributed by atoms with Gasteiger partial charge in [-0.05, 0) is 43.9 Å². The number of likely N-dealkylation sites (N-methyl/N-ethyl adjacent to an activating group) is 1. The van der Waals surface area contributed by atoms with Crippen LogP contribution in [0.25, 0.3) is 0 Å². The van der Waals surface area contributed by atoms with E-state index in [1.807, 2.05) is 0 Å². The number of nitrogen functional groups attached to an aromatic ring is 1. The number of hydrogen-bond acceptors (Lipinski definition) is 10. The van der Waals surface area contributed by atoms with E-state index in [4.69, 9.17) is 29.4 Å². The fourth-order valence-electron chi connectivity index (χ4n) is 12.0. The maximum Gasteiger partial charge on any atom is 0.340 e. The summed E-state index contributed by atoms with van der Waals surface area (Å²) in [6.07, 6.45) is 1.22. The molecule has 1 spiro atoms. The van der Waals surface area contributed by atoms with Crippen molar-refractivity contribution in [3.8, 4) is 0 Å². The van der Waals surface area contributed by atoms with Crippen LogP contribution in [0.3, 0.4) is 0 Å². The summed E-state index contributed by atoms with van der Waals surface area (Å²) >= 11 is 0. The van der Waals surface area contributed by atoms with Gasteiger partial charge in [-0.15, -0.1) is 0 Å². The summed E-state index contributed by atoms with van der Waals surface area (Å²) in [7, 11) is 6.80. The number of methoxy groups -OCH3 is 4. The molecule has 1 aromatic rings. The number of hydrogen-bond donors (Lipinski definition) is 3. The summed E-state index contributed by atoms with van der Waals surface area (Å²) in [5, 5.41) is 26.3. The lowest BCUT2D eigenvalue weighted by Crippen LogP contribution is -2.82. The van der Waals surface area contributed by atoms with Gasteiger partial charge in [0.15, 0.2) is 0 Å². The molecule has 232 valence electrons. The number of likely N-dealkylation sites (tertiary alicyclic amines) is 1. The number of fused-ring (bicyclic) bond motifs is 2. The standard InChI is InChI=1S/C32H46N2O8/c1-6-34-15-29(16-42-27(35)17-9-7-8-10-20(17)33)12-11-22(39-3)31-19-13-18-21(38-2)14-30(36,23(19)24(18)40-4)32(37,28(31)34)26(41-5)25(29)31/h7-10,18-19,21-26,28,36-37H,6,11-16,33H2,1-5H3/t18-,19-,21+,22?,23-,24+,25-,26+,28?,29+,30-,31?,32?/m1/s1. The highest BCUT2D eigenvalue weighted by atomic mass is 16.5. The van der Waals surface area contributed by atoms with Crippen LogP contribution < -0.4 is 5.73 Å². The third kappa shape index (κ3) is 3.12. The predicted octanol–water partition coefficient (Wildman–Crippen LogP) is 1.72. The fraction of sp³-hybridized carbons (Fsp3) is 0.781. The van der Waals surface area contributed by atoms with Crippen LogP contribution in [0.4, 0.5) is 5.69 Å². The molecular formula is C32H46N2O8. The van der Waals surface area contributed by atoms with Crippen molar-refractivity contribution in [1.82, 2.24) is 4.90 Å². The summed E-state index contributed by atoms with van der Waals surface area (Å²) < 4.78 is 31.1. The summed E-state index contributed by atoms with van der Waals surface area (Å²) in [6.45, 7) is 3.54. The molecule has 10 heteroatoms. The Morgan fingerprint density at radius 1 is 1.10 bits per heavy atom. The molecule has 6 aliphatic rings. The zero-order valence-electron chi connectivity index (χ0n) is 25.3. The second kappa shape index (κ2) is 9.60. The zero-order valence-corrected chi connectivity index (χ0v) is 25.3. The Balaban J connectivity index is 1.41. The number of piperidine rings is 1. The number of nitrogens with two attached hydrogens (primary N) is 1. The van der Waals surface area contributed by atoms with Crippen molar-refractivity contribution in [3.63, 3.8) is 0 Å². The molecule has 1 saturated heterocycles. The maximum absolute atomic E-state index is 13.4. The summed E-state index contributed by atoms with van der Waals surface area (Å²) in [6, 6.07) is 6.55. The first-order chi connectivity index (χ1) is 20.1. The van der Waals surface area contributed by atoms with Crippen LogP contribution in [0, 0.1) is 34.5 Å². The SMILES string of the molecule is CCN1C[C@]2(COC(=O)c3ccccc3N)CCC(OC)C34C1C(O)([C@@H](OC)[C@@H]32)[C@@]1(O)C[C@H](OC)[C@H]2C[C@@H]4[C@@H]1[C@H]2OC. The number of rotatable bonds is 8. The quantitative estimate of drug-likeness (QED) is 0.306. The van der Waals surface area contributed by atoms with E-state index in [-0.39, 0.29) is 48.6 Å². The second-order valence-electron chi connectivity index (χ2n) is 13.8. The molecule has 7 bridgehead atoms. The van der Waals surface area contributed by atoms with Gasteiger partial charge in [-0.3, -0.25) is 4.90 Å². The molecule has 0 amide bonds. The molecule has 4 unspecified atom stereocenters. The van der Waals surface area contributed by atoms with Crippen LogP contribution in [0.5, 0.6) is 0 Å². The molecule has 7 rings (SSSR count). The van der Waals surface area contributed by atoms with Crippen molar-refractivity contribution in [2.75, 3.05) is 53.9 Å². The van der Waals surface area contributed by atoms with Crippen molar-refractivity contribution >= 4 is 11.7 Å². The average Bonchev–Trinajstić information content (AvgIpc) is 3.41. The minimum Gasteiger partial charge on any atom is -0.461 e.